The van der Waals surface area contributed by atoms with Gasteiger partial charge in [0.25, 0.3) is 0 Å². The summed E-state index contributed by atoms with van der Waals surface area (Å²) in [5, 5.41) is 9.17. The first kappa shape index (κ1) is 19.6. The highest BCUT2D eigenvalue weighted by atomic mass is 19.1. The van der Waals surface area contributed by atoms with Crippen LogP contribution in [0.5, 0.6) is 0 Å². The molecule has 0 aliphatic heterocycles. The van der Waals surface area contributed by atoms with Gasteiger partial charge in [0.2, 0.25) is 0 Å². The van der Waals surface area contributed by atoms with Gasteiger partial charge in [-0.3, -0.25) is 4.79 Å². The maximum Gasteiger partial charge on any atom is 0.357 e. The van der Waals surface area contributed by atoms with Gasteiger partial charge in [-0.15, -0.1) is 0 Å². The molecule has 2 aromatic carbocycles. The van der Waals surface area contributed by atoms with E-state index >= 15 is 0 Å². The van der Waals surface area contributed by atoms with Gasteiger partial charge >= 0.3 is 5.97 Å². The Morgan fingerprint density at radius 2 is 1.79 bits per heavy atom. The molecule has 3 rings (SSSR count). The number of anilines is 1. The van der Waals surface area contributed by atoms with E-state index < -0.39 is 5.97 Å². The van der Waals surface area contributed by atoms with Crippen molar-refractivity contribution in [3.05, 3.63) is 89.0 Å². The number of allylic oxidation sites excluding steroid dienone is 1. The van der Waals surface area contributed by atoms with Crippen molar-refractivity contribution in [2.45, 2.75) is 0 Å². The maximum absolute atomic E-state index is 12.9. The first-order valence-corrected chi connectivity index (χ1v) is 8.52. The van der Waals surface area contributed by atoms with E-state index in [-0.39, 0.29) is 28.5 Å². The Bertz CT molecular complexity index is 1140. The lowest BCUT2D eigenvalue weighted by atomic mass is 10.1. The van der Waals surface area contributed by atoms with Gasteiger partial charge in [0.05, 0.1) is 18.4 Å². The Morgan fingerprint density at radius 1 is 1.14 bits per heavy atom. The number of ether oxygens (including phenoxy) is 1. The number of ketones is 1. The normalized spacial score (nSPS) is 10.7. The average Bonchev–Trinajstić information content (AvgIpc) is 3.09. The zero-order valence-corrected chi connectivity index (χ0v) is 15.4. The molecule has 0 fully saturated rings. The van der Waals surface area contributed by atoms with Crippen LogP contribution in [-0.2, 0) is 4.74 Å². The highest BCUT2D eigenvalue weighted by molar-refractivity contribution is 6.07. The molecule has 1 heterocycles. The number of benzene rings is 2. The third-order valence-electron chi connectivity index (χ3n) is 4.27. The van der Waals surface area contributed by atoms with Crippen molar-refractivity contribution >= 4 is 23.5 Å². The summed E-state index contributed by atoms with van der Waals surface area (Å²) < 4.78 is 19.1. The van der Waals surface area contributed by atoms with Crippen LogP contribution in [0.15, 0.2) is 60.8 Å². The van der Waals surface area contributed by atoms with E-state index in [1.54, 1.807) is 42.5 Å². The lowest BCUT2D eigenvalue weighted by Gasteiger charge is -2.09. The highest BCUT2D eigenvalue weighted by Crippen LogP contribution is 2.25. The van der Waals surface area contributed by atoms with Gasteiger partial charge in [0, 0.05) is 17.4 Å². The molecule has 0 amide bonds. The van der Waals surface area contributed by atoms with Crippen molar-refractivity contribution in [3.63, 3.8) is 0 Å². The number of carbonyl (C=O) groups is 2. The monoisotopic (exact) mass is 389 g/mol. The Morgan fingerprint density at radius 3 is 2.38 bits per heavy atom. The number of aromatic nitrogens is 1. The average molecular weight is 389 g/mol. The third kappa shape index (κ3) is 4.06. The van der Waals surface area contributed by atoms with Crippen molar-refractivity contribution < 1.29 is 18.7 Å². The predicted molar refractivity (Wildman–Crippen MR) is 106 cm³/mol. The molecule has 6 nitrogen and oxygen atoms in total. The number of hydrogen-bond acceptors (Lipinski definition) is 5. The summed E-state index contributed by atoms with van der Waals surface area (Å²) in [6, 6.07) is 14.1. The number of carbonyl (C=O) groups excluding carboxylic acids is 2. The molecular formula is C22H16FN3O3. The number of hydrogen-bond donors (Lipinski definition) is 1. The largest absolute Gasteiger partial charge is 0.464 e. The van der Waals surface area contributed by atoms with Crippen LogP contribution < -0.4 is 5.73 Å². The van der Waals surface area contributed by atoms with E-state index in [0.717, 1.165) is 0 Å². The van der Waals surface area contributed by atoms with Crippen LogP contribution in [-0.4, -0.2) is 23.4 Å². The van der Waals surface area contributed by atoms with Crippen LogP contribution in [0.25, 0.3) is 11.8 Å². The van der Waals surface area contributed by atoms with Gasteiger partial charge in [0.15, 0.2) is 11.5 Å². The lowest BCUT2D eigenvalue weighted by molar-refractivity contribution is 0.0593. The van der Waals surface area contributed by atoms with Crippen molar-refractivity contribution in [1.82, 2.24) is 4.57 Å². The standard InChI is InChI=1S/C22H16FN3O3/c1-29-22(28)21-20(25)16(12-24)13-26(21)18-9-5-15(6-10-18)19(27)11-4-14-2-7-17(23)8-3-14/h2-11,13H,25H2,1H3. The molecule has 7 heteroatoms. The quantitative estimate of drug-likeness (QED) is 0.407. The minimum Gasteiger partial charge on any atom is -0.464 e. The molecule has 2 N–H and O–H groups in total. The van der Waals surface area contributed by atoms with Gasteiger partial charge in [0.1, 0.15) is 11.9 Å². The van der Waals surface area contributed by atoms with Crippen LogP contribution in [0.2, 0.25) is 0 Å². The topological polar surface area (TPSA) is 98.1 Å². The fraction of sp³-hybridized carbons (Fsp3) is 0.0455. The minimum absolute atomic E-state index is 0.0294. The number of rotatable bonds is 5. The fourth-order valence-corrected chi connectivity index (χ4v) is 2.75. The molecule has 0 aliphatic rings. The number of nitrogens with two attached hydrogens (primary N) is 1. The van der Waals surface area contributed by atoms with E-state index in [4.69, 9.17) is 10.5 Å². The molecule has 0 radical (unpaired) electrons. The lowest BCUT2D eigenvalue weighted by Crippen LogP contribution is -2.11. The Kier molecular flexibility index (Phi) is 5.56. The summed E-state index contributed by atoms with van der Waals surface area (Å²) in [7, 11) is 1.22. The van der Waals surface area contributed by atoms with Crippen LogP contribution in [0, 0.1) is 17.1 Å². The van der Waals surface area contributed by atoms with Gasteiger partial charge < -0.3 is 15.0 Å². The van der Waals surface area contributed by atoms with Gasteiger partial charge in [-0.05, 0) is 48.0 Å². The number of methoxy groups -OCH3 is 1. The zero-order valence-electron chi connectivity index (χ0n) is 15.4. The van der Waals surface area contributed by atoms with Crippen molar-refractivity contribution in [2.24, 2.45) is 0 Å². The van der Waals surface area contributed by atoms with Gasteiger partial charge in [-0.1, -0.05) is 18.2 Å². The smallest absolute Gasteiger partial charge is 0.357 e. The molecule has 1 aromatic heterocycles. The second kappa shape index (κ2) is 8.23. The van der Waals surface area contributed by atoms with Crippen molar-refractivity contribution in [2.75, 3.05) is 12.8 Å². The summed E-state index contributed by atoms with van der Waals surface area (Å²) >= 11 is 0. The molecule has 144 valence electrons. The Labute approximate surface area is 166 Å². The first-order chi connectivity index (χ1) is 13.9. The second-order valence-electron chi connectivity index (χ2n) is 6.07. The summed E-state index contributed by atoms with van der Waals surface area (Å²) in [5.74, 6) is -1.26. The molecule has 3 aromatic rings. The fourth-order valence-electron chi connectivity index (χ4n) is 2.75. The number of nitrogens with zero attached hydrogens (tertiary/aromatic N) is 2. The van der Waals surface area contributed by atoms with Crippen molar-refractivity contribution in [3.8, 4) is 11.8 Å². The Balaban J connectivity index is 1.87. The zero-order chi connectivity index (χ0) is 21.0. The predicted octanol–water partition coefficient (Wildman–Crippen LogP) is 3.75. The first-order valence-electron chi connectivity index (χ1n) is 8.52. The molecule has 0 saturated carbocycles. The van der Waals surface area contributed by atoms with Crippen LogP contribution in [0.1, 0.15) is 32.0 Å². The van der Waals surface area contributed by atoms with E-state index in [0.29, 0.717) is 16.8 Å². The maximum atomic E-state index is 12.9. The number of nitrogen functional groups attached to an aromatic ring is 1. The van der Waals surface area contributed by atoms with Crippen LogP contribution in [0.4, 0.5) is 10.1 Å². The van der Waals surface area contributed by atoms with E-state index in [2.05, 4.69) is 0 Å². The van der Waals surface area contributed by atoms with Gasteiger partial charge in [-0.2, -0.15) is 5.26 Å². The van der Waals surface area contributed by atoms with Gasteiger partial charge in [-0.25, -0.2) is 9.18 Å². The number of halogens is 1. The third-order valence-corrected chi connectivity index (χ3v) is 4.27. The van der Waals surface area contributed by atoms with Crippen LogP contribution in [0.3, 0.4) is 0 Å². The van der Waals surface area contributed by atoms with E-state index in [1.165, 1.54) is 36.1 Å². The summed E-state index contributed by atoms with van der Waals surface area (Å²) in [5.41, 5.74) is 7.76. The Hall–Kier alpha value is -4.18. The van der Waals surface area contributed by atoms with E-state index in [9.17, 15) is 19.2 Å². The second-order valence-corrected chi connectivity index (χ2v) is 6.07. The molecule has 0 spiro atoms. The minimum atomic E-state index is -0.675. The molecule has 0 atom stereocenters. The van der Waals surface area contributed by atoms with E-state index in [1.807, 2.05) is 6.07 Å². The summed E-state index contributed by atoms with van der Waals surface area (Å²) in [6.45, 7) is 0. The molecule has 0 bridgehead atoms. The highest BCUT2D eigenvalue weighted by Gasteiger charge is 2.21. The molecule has 29 heavy (non-hydrogen) atoms. The summed E-state index contributed by atoms with van der Waals surface area (Å²) in [4.78, 5) is 24.4. The van der Waals surface area contributed by atoms with Crippen molar-refractivity contribution in [1.29, 1.82) is 5.26 Å². The molecule has 0 unspecified atom stereocenters. The molecule has 0 aliphatic carbocycles. The number of nitriles is 1. The molecular weight excluding hydrogens is 373 g/mol. The SMILES string of the molecule is COC(=O)c1c(N)c(C#N)cn1-c1ccc(C(=O)C=Cc2ccc(F)cc2)cc1. The molecule has 0 saturated heterocycles. The number of esters is 1. The van der Waals surface area contributed by atoms with Crippen LogP contribution >= 0.6 is 0 Å². The summed E-state index contributed by atoms with van der Waals surface area (Å²) in [6.07, 6.45) is 4.42.